The number of nitrogens with one attached hydrogen (secondary N) is 3. The molecule has 0 aliphatic heterocycles. The molecular weight excluding hydrogens is 311 g/mol. The Balaban J connectivity index is 2.13. The van der Waals surface area contributed by atoms with E-state index in [1.165, 1.54) is 12.1 Å². The smallest absolute Gasteiger partial charge is 0.224 e. The van der Waals surface area contributed by atoms with Crippen molar-refractivity contribution in [1.29, 1.82) is 0 Å². The summed E-state index contributed by atoms with van der Waals surface area (Å²) in [5.74, 6) is 0.217. The number of carbonyl (C=O) groups is 1. The van der Waals surface area contributed by atoms with Crippen LogP contribution in [-0.4, -0.2) is 51.8 Å². The van der Waals surface area contributed by atoms with Gasteiger partial charge in [-0.05, 0) is 31.0 Å². The molecule has 0 saturated carbocycles. The number of benzene rings is 1. The van der Waals surface area contributed by atoms with Crippen molar-refractivity contribution in [2.24, 2.45) is 4.99 Å². The molecule has 134 valence electrons. The molecule has 1 rings (SSSR count). The van der Waals surface area contributed by atoms with Crippen molar-refractivity contribution < 1.29 is 13.9 Å². The maximum absolute atomic E-state index is 13.1. The van der Waals surface area contributed by atoms with E-state index in [1.54, 1.807) is 19.2 Å². The molecule has 1 aromatic carbocycles. The molecule has 0 spiro atoms. The van der Waals surface area contributed by atoms with Crippen LogP contribution in [0.4, 0.5) is 4.39 Å². The van der Waals surface area contributed by atoms with Gasteiger partial charge in [-0.3, -0.25) is 9.79 Å². The number of nitrogens with zero attached hydrogens (tertiary/aromatic N) is 1. The Kier molecular flexibility index (Phi) is 10.2. The van der Waals surface area contributed by atoms with E-state index < -0.39 is 0 Å². The fourth-order valence-corrected chi connectivity index (χ4v) is 2.02. The van der Waals surface area contributed by atoms with Crippen LogP contribution in [-0.2, 0) is 16.0 Å². The molecule has 0 unspecified atom stereocenters. The maximum Gasteiger partial charge on any atom is 0.224 e. The predicted molar refractivity (Wildman–Crippen MR) is 93.6 cm³/mol. The standard InChI is InChI=1S/C17H27FN4O2/c1-3-24-11-5-8-21-17(19-2)22-10-9-20-16(23)13-14-6-4-7-15(18)12-14/h4,6-7,12H,3,5,8-11,13H2,1-2H3,(H,20,23)(H2,19,21,22). The van der Waals surface area contributed by atoms with Gasteiger partial charge in [-0.2, -0.15) is 0 Å². The van der Waals surface area contributed by atoms with Crippen LogP contribution in [0.25, 0.3) is 0 Å². The van der Waals surface area contributed by atoms with E-state index in [9.17, 15) is 9.18 Å². The quantitative estimate of drug-likeness (QED) is 0.339. The number of hydrogen-bond acceptors (Lipinski definition) is 3. The van der Waals surface area contributed by atoms with Crippen LogP contribution in [0.3, 0.4) is 0 Å². The minimum atomic E-state index is -0.332. The molecule has 0 aromatic heterocycles. The highest BCUT2D eigenvalue weighted by Gasteiger charge is 2.04. The van der Waals surface area contributed by atoms with Crippen molar-refractivity contribution in [1.82, 2.24) is 16.0 Å². The average Bonchev–Trinajstić information content (AvgIpc) is 2.56. The van der Waals surface area contributed by atoms with Crippen molar-refractivity contribution in [2.45, 2.75) is 19.8 Å². The first-order valence-electron chi connectivity index (χ1n) is 8.19. The molecule has 1 aromatic rings. The first-order valence-corrected chi connectivity index (χ1v) is 8.19. The molecule has 7 heteroatoms. The Labute approximate surface area is 142 Å². The number of aliphatic imine (C=N–C) groups is 1. The van der Waals surface area contributed by atoms with E-state index in [2.05, 4.69) is 20.9 Å². The molecule has 1 amide bonds. The van der Waals surface area contributed by atoms with Gasteiger partial charge < -0.3 is 20.7 Å². The minimum absolute atomic E-state index is 0.137. The van der Waals surface area contributed by atoms with Crippen LogP contribution < -0.4 is 16.0 Å². The third kappa shape index (κ3) is 9.09. The average molecular weight is 338 g/mol. The molecule has 0 bridgehead atoms. The first-order chi connectivity index (χ1) is 11.7. The Hall–Kier alpha value is -2.15. The molecule has 3 N–H and O–H groups in total. The highest BCUT2D eigenvalue weighted by atomic mass is 19.1. The van der Waals surface area contributed by atoms with Crippen LogP contribution >= 0.6 is 0 Å². The van der Waals surface area contributed by atoms with Crippen LogP contribution in [0.5, 0.6) is 0 Å². The zero-order chi connectivity index (χ0) is 17.6. The lowest BCUT2D eigenvalue weighted by Gasteiger charge is -2.12. The molecule has 0 fully saturated rings. The van der Waals surface area contributed by atoms with Gasteiger partial charge in [0.15, 0.2) is 5.96 Å². The van der Waals surface area contributed by atoms with E-state index in [4.69, 9.17) is 4.74 Å². The van der Waals surface area contributed by atoms with E-state index in [1.807, 2.05) is 6.92 Å². The lowest BCUT2D eigenvalue weighted by Crippen LogP contribution is -2.42. The Morgan fingerprint density at radius 3 is 2.67 bits per heavy atom. The topological polar surface area (TPSA) is 74.8 Å². The number of carbonyl (C=O) groups excluding carboxylic acids is 1. The highest BCUT2D eigenvalue weighted by molar-refractivity contribution is 5.80. The summed E-state index contributed by atoms with van der Waals surface area (Å²) in [7, 11) is 1.69. The predicted octanol–water partition coefficient (Wildman–Crippen LogP) is 1.08. The second-order valence-electron chi connectivity index (χ2n) is 5.13. The van der Waals surface area contributed by atoms with Crippen molar-refractivity contribution >= 4 is 11.9 Å². The maximum atomic E-state index is 13.1. The van der Waals surface area contributed by atoms with Crippen molar-refractivity contribution in [3.05, 3.63) is 35.6 Å². The molecule has 0 saturated heterocycles. The van der Waals surface area contributed by atoms with Gasteiger partial charge in [0.1, 0.15) is 5.82 Å². The molecule has 0 radical (unpaired) electrons. The van der Waals surface area contributed by atoms with Crippen LogP contribution in [0, 0.1) is 5.82 Å². The SMILES string of the molecule is CCOCCCNC(=NC)NCCNC(=O)Cc1cccc(F)c1. The summed E-state index contributed by atoms with van der Waals surface area (Å²) in [5.41, 5.74) is 0.659. The van der Waals surface area contributed by atoms with Gasteiger partial charge >= 0.3 is 0 Å². The largest absolute Gasteiger partial charge is 0.382 e. The fourth-order valence-electron chi connectivity index (χ4n) is 2.02. The van der Waals surface area contributed by atoms with Gasteiger partial charge in [0.05, 0.1) is 6.42 Å². The zero-order valence-electron chi connectivity index (χ0n) is 14.4. The Bertz CT molecular complexity index is 523. The number of hydrogen-bond donors (Lipinski definition) is 3. The van der Waals surface area contributed by atoms with E-state index in [0.29, 0.717) is 24.6 Å². The number of rotatable bonds is 10. The van der Waals surface area contributed by atoms with Gasteiger partial charge in [-0.1, -0.05) is 12.1 Å². The molecule has 0 atom stereocenters. The van der Waals surface area contributed by atoms with Gasteiger partial charge in [0, 0.05) is 39.9 Å². The summed E-state index contributed by atoms with van der Waals surface area (Å²) in [6, 6.07) is 6.06. The monoisotopic (exact) mass is 338 g/mol. The van der Waals surface area contributed by atoms with Gasteiger partial charge in [-0.25, -0.2) is 4.39 Å². The summed E-state index contributed by atoms with van der Waals surface area (Å²) in [6.45, 7) is 5.20. The van der Waals surface area contributed by atoms with Gasteiger partial charge in [0.2, 0.25) is 5.91 Å². The van der Waals surface area contributed by atoms with Crippen LogP contribution in [0.1, 0.15) is 18.9 Å². The highest BCUT2D eigenvalue weighted by Crippen LogP contribution is 2.03. The zero-order valence-corrected chi connectivity index (χ0v) is 14.4. The summed E-state index contributed by atoms with van der Waals surface area (Å²) in [6.07, 6.45) is 1.07. The second kappa shape index (κ2) is 12.3. The molecule has 6 nitrogen and oxygen atoms in total. The fraction of sp³-hybridized carbons (Fsp3) is 0.529. The third-order valence-corrected chi connectivity index (χ3v) is 3.18. The van der Waals surface area contributed by atoms with Crippen LogP contribution in [0.2, 0.25) is 0 Å². The van der Waals surface area contributed by atoms with Gasteiger partial charge in [0.25, 0.3) is 0 Å². The molecule has 24 heavy (non-hydrogen) atoms. The second-order valence-corrected chi connectivity index (χ2v) is 5.13. The lowest BCUT2D eigenvalue weighted by molar-refractivity contribution is -0.120. The third-order valence-electron chi connectivity index (χ3n) is 3.18. The van der Waals surface area contributed by atoms with Gasteiger partial charge in [-0.15, -0.1) is 0 Å². The molecular formula is C17H27FN4O2. The number of halogens is 1. The van der Waals surface area contributed by atoms with Crippen LogP contribution in [0.15, 0.2) is 29.3 Å². The van der Waals surface area contributed by atoms with E-state index in [-0.39, 0.29) is 18.1 Å². The lowest BCUT2D eigenvalue weighted by atomic mass is 10.1. The van der Waals surface area contributed by atoms with Crippen molar-refractivity contribution in [3.63, 3.8) is 0 Å². The molecule has 0 aliphatic rings. The first kappa shape index (κ1) is 19.9. The Morgan fingerprint density at radius 1 is 1.21 bits per heavy atom. The number of ether oxygens (including phenoxy) is 1. The van der Waals surface area contributed by atoms with E-state index in [0.717, 1.165) is 26.2 Å². The summed E-state index contributed by atoms with van der Waals surface area (Å²) in [5, 5.41) is 9.07. The number of amides is 1. The minimum Gasteiger partial charge on any atom is -0.382 e. The van der Waals surface area contributed by atoms with E-state index >= 15 is 0 Å². The summed E-state index contributed by atoms with van der Waals surface area (Å²) >= 11 is 0. The summed E-state index contributed by atoms with van der Waals surface area (Å²) < 4.78 is 18.3. The Morgan fingerprint density at radius 2 is 1.96 bits per heavy atom. The van der Waals surface area contributed by atoms with Crippen molar-refractivity contribution in [2.75, 3.05) is 39.9 Å². The van der Waals surface area contributed by atoms with Crippen molar-refractivity contribution in [3.8, 4) is 0 Å². The normalized spacial score (nSPS) is 11.2. The molecule has 0 heterocycles. The number of guanidine groups is 1. The summed E-state index contributed by atoms with van der Waals surface area (Å²) in [4.78, 5) is 15.9. The molecule has 0 aliphatic carbocycles.